The molecule has 0 radical (unpaired) electrons. The minimum Gasteiger partial charge on any atom is -0.353 e. The number of rotatable bonds is 3. The Labute approximate surface area is 115 Å². The number of hydrogen-bond donors (Lipinski definition) is 2. The molecule has 1 fully saturated rings. The van der Waals surface area contributed by atoms with E-state index in [4.69, 9.17) is 5.73 Å². The number of nitrogens with zero attached hydrogens (tertiary/aromatic N) is 2. The van der Waals surface area contributed by atoms with Gasteiger partial charge < -0.3 is 10.6 Å². The smallest absolute Gasteiger partial charge is 0.153 e. The number of hydrogen-bond acceptors (Lipinski definition) is 3. The molecule has 0 bridgehead atoms. The molecule has 1 aliphatic heterocycles. The molecule has 1 aromatic rings. The molecular formula is C15H26N4. The molecule has 106 valence electrons. The maximum atomic E-state index is 6.10. The number of piperidine rings is 1. The van der Waals surface area contributed by atoms with E-state index < -0.39 is 0 Å². The summed E-state index contributed by atoms with van der Waals surface area (Å²) in [6.45, 7) is 4.37. The fraction of sp³-hybridized carbons (Fsp3) is 0.800. The highest BCUT2D eigenvalue weighted by atomic mass is 15.3. The highest BCUT2D eigenvalue weighted by molar-refractivity contribution is 5.51. The lowest BCUT2D eigenvalue weighted by atomic mass is 9.84. The van der Waals surface area contributed by atoms with Crippen LogP contribution in [0, 0.1) is 5.92 Å². The molecule has 0 saturated carbocycles. The lowest BCUT2D eigenvalue weighted by Gasteiger charge is -2.32. The minimum atomic E-state index is 0.316. The number of nitrogens with two attached hydrogens (primary N) is 1. The summed E-state index contributed by atoms with van der Waals surface area (Å²) in [5.74, 6) is 2.05. The van der Waals surface area contributed by atoms with Crippen molar-refractivity contribution in [3.8, 4) is 0 Å². The molecule has 0 amide bonds. The summed E-state index contributed by atoms with van der Waals surface area (Å²) in [7, 11) is 0. The van der Waals surface area contributed by atoms with E-state index in [1.54, 1.807) is 0 Å². The average molecular weight is 262 g/mol. The Bertz CT molecular complexity index is 426. The van der Waals surface area contributed by atoms with Crippen LogP contribution in [0.4, 0.5) is 5.82 Å². The Balaban J connectivity index is 1.78. The molecule has 0 spiro atoms. The summed E-state index contributed by atoms with van der Waals surface area (Å²) >= 11 is 0. The van der Waals surface area contributed by atoms with Gasteiger partial charge >= 0.3 is 0 Å². The van der Waals surface area contributed by atoms with Crippen LogP contribution in [0.1, 0.15) is 50.3 Å². The van der Waals surface area contributed by atoms with Crippen molar-refractivity contribution < 1.29 is 0 Å². The highest BCUT2D eigenvalue weighted by Crippen LogP contribution is 2.33. The zero-order chi connectivity index (χ0) is 13.2. The van der Waals surface area contributed by atoms with Crippen molar-refractivity contribution in [2.75, 3.05) is 18.0 Å². The molecule has 1 aliphatic carbocycles. The van der Waals surface area contributed by atoms with Crippen molar-refractivity contribution in [2.45, 2.75) is 57.9 Å². The quantitative estimate of drug-likeness (QED) is 0.878. The van der Waals surface area contributed by atoms with E-state index in [-0.39, 0.29) is 0 Å². The fourth-order valence-electron chi connectivity index (χ4n) is 3.67. The number of aryl methyl sites for hydroxylation is 1. The Morgan fingerprint density at radius 1 is 1.42 bits per heavy atom. The predicted molar refractivity (Wildman–Crippen MR) is 78.4 cm³/mol. The summed E-state index contributed by atoms with van der Waals surface area (Å²) in [6.07, 6.45) is 8.70. The van der Waals surface area contributed by atoms with E-state index in [0.29, 0.717) is 6.04 Å². The van der Waals surface area contributed by atoms with Crippen LogP contribution in [0.5, 0.6) is 0 Å². The molecule has 2 unspecified atom stereocenters. The van der Waals surface area contributed by atoms with Crippen LogP contribution in [0.25, 0.3) is 0 Å². The minimum absolute atomic E-state index is 0.316. The maximum Gasteiger partial charge on any atom is 0.153 e. The number of nitrogens with one attached hydrogen (secondary N) is 1. The Morgan fingerprint density at radius 2 is 2.32 bits per heavy atom. The van der Waals surface area contributed by atoms with Gasteiger partial charge in [0, 0.05) is 30.4 Å². The largest absolute Gasteiger partial charge is 0.353 e. The summed E-state index contributed by atoms with van der Waals surface area (Å²) in [5, 5.41) is 7.86. The first-order valence-corrected chi connectivity index (χ1v) is 7.84. The van der Waals surface area contributed by atoms with Gasteiger partial charge in [0.2, 0.25) is 0 Å². The zero-order valence-corrected chi connectivity index (χ0v) is 12.0. The van der Waals surface area contributed by atoms with E-state index in [1.165, 1.54) is 55.6 Å². The van der Waals surface area contributed by atoms with Crippen molar-refractivity contribution in [1.82, 2.24) is 10.2 Å². The van der Waals surface area contributed by atoms with E-state index >= 15 is 0 Å². The van der Waals surface area contributed by atoms with Gasteiger partial charge in [-0.15, -0.1) is 0 Å². The van der Waals surface area contributed by atoms with Crippen LogP contribution in [-0.2, 0) is 12.8 Å². The van der Waals surface area contributed by atoms with Gasteiger partial charge in [-0.3, -0.25) is 5.10 Å². The van der Waals surface area contributed by atoms with E-state index in [1.807, 2.05) is 0 Å². The molecule has 2 atom stereocenters. The predicted octanol–water partition coefficient (Wildman–Crippen LogP) is 2.24. The average Bonchev–Trinajstić information content (AvgIpc) is 2.82. The van der Waals surface area contributed by atoms with Gasteiger partial charge in [-0.1, -0.05) is 19.8 Å². The second-order valence-electron chi connectivity index (χ2n) is 6.25. The van der Waals surface area contributed by atoms with Gasteiger partial charge in [0.1, 0.15) is 0 Å². The van der Waals surface area contributed by atoms with Crippen LogP contribution < -0.4 is 10.6 Å². The van der Waals surface area contributed by atoms with Gasteiger partial charge in [0.05, 0.1) is 0 Å². The van der Waals surface area contributed by atoms with E-state index in [2.05, 4.69) is 22.0 Å². The maximum absolute atomic E-state index is 6.10. The third-order valence-electron chi connectivity index (χ3n) is 4.68. The third-order valence-corrected chi connectivity index (χ3v) is 4.68. The second kappa shape index (κ2) is 5.53. The van der Waals surface area contributed by atoms with Crippen LogP contribution in [0.3, 0.4) is 0 Å². The van der Waals surface area contributed by atoms with Crippen LogP contribution >= 0.6 is 0 Å². The first-order chi connectivity index (χ1) is 9.28. The van der Waals surface area contributed by atoms with Crippen LogP contribution in [0.15, 0.2) is 0 Å². The molecule has 4 nitrogen and oxygen atoms in total. The van der Waals surface area contributed by atoms with Crippen molar-refractivity contribution in [1.29, 1.82) is 0 Å². The molecule has 19 heavy (non-hydrogen) atoms. The number of aromatic amines is 1. The topological polar surface area (TPSA) is 57.9 Å². The lowest BCUT2D eigenvalue weighted by molar-refractivity contribution is 0.419. The monoisotopic (exact) mass is 262 g/mol. The normalized spacial score (nSPS) is 27.4. The zero-order valence-electron chi connectivity index (χ0n) is 12.0. The van der Waals surface area contributed by atoms with Crippen molar-refractivity contribution in [3.63, 3.8) is 0 Å². The highest BCUT2D eigenvalue weighted by Gasteiger charge is 2.27. The fourth-order valence-corrected chi connectivity index (χ4v) is 3.67. The first kappa shape index (κ1) is 13.0. The third kappa shape index (κ3) is 2.64. The van der Waals surface area contributed by atoms with Gasteiger partial charge in [0.25, 0.3) is 0 Å². The number of fused-ring (bicyclic) bond motifs is 1. The van der Waals surface area contributed by atoms with E-state index in [0.717, 1.165) is 25.4 Å². The molecule has 1 saturated heterocycles. The first-order valence-electron chi connectivity index (χ1n) is 7.84. The van der Waals surface area contributed by atoms with Gasteiger partial charge in [0.15, 0.2) is 5.82 Å². The molecule has 3 rings (SSSR count). The molecular weight excluding hydrogens is 236 g/mol. The Kier molecular flexibility index (Phi) is 3.78. The molecule has 3 N–H and O–H groups in total. The number of anilines is 1. The van der Waals surface area contributed by atoms with Crippen molar-refractivity contribution >= 4 is 5.82 Å². The molecule has 2 aliphatic rings. The molecule has 4 heteroatoms. The van der Waals surface area contributed by atoms with E-state index in [9.17, 15) is 0 Å². The van der Waals surface area contributed by atoms with Crippen LogP contribution in [0.2, 0.25) is 0 Å². The summed E-state index contributed by atoms with van der Waals surface area (Å²) in [4.78, 5) is 2.40. The number of H-pyrrole nitrogens is 1. The number of aromatic nitrogens is 2. The second-order valence-corrected chi connectivity index (χ2v) is 6.25. The van der Waals surface area contributed by atoms with Gasteiger partial charge in [-0.05, 0) is 38.0 Å². The Morgan fingerprint density at radius 3 is 3.11 bits per heavy atom. The summed E-state index contributed by atoms with van der Waals surface area (Å²) in [5.41, 5.74) is 8.96. The van der Waals surface area contributed by atoms with Crippen molar-refractivity contribution in [2.24, 2.45) is 11.7 Å². The molecule has 1 aromatic heterocycles. The lowest BCUT2D eigenvalue weighted by Crippen LogP contribution is -2.43. The van der Waals surface area contributed by atoms with Gasteiger partial charge in [-0.2, -0.15) is 5.10 Å². The summed E-state index contributed by atoms with van der Waals surface area (Å²) < 4.78 is 0. The summed E-state index contributed by atoms with van der Waals surface area (Å²) in [6, 6.07) is 0.316. The van der Waals surface area contributed by atoms with Gasteiger partial charge in [-0.25, -0.2) is 0 Å². The van der Waals surface area contributed by atoms with Crippen LogP contribution in [-0.4, -0.2) is 29.3 Å². The molecule has 0 aromatic carbocycles. The Hall–Kier alpha value is -1.03. The molecule has 2 heterocycles. The van der Waals surface area contributed by atoms with Crippen molar-refractivity contribution in [3.05, 3.63) is 11.3 Å². The SMILES string of the molecule is CCCC1CCc2[nH]nc(N3CCCC(N)C3)c2C1. The standard InChI is InChI=1S/C15H26N4/c1-2-4-11-6-7-14-13(9-11)15(18-17-14)19-8-3-5-12(16)10-19/h11-12H,2-10,16H2,1H3,(H,17,18).